The summed E-state index contributed by atoms with van der Waals surface area (Å²) in [5, 5.41) is 12.4. The maximum Gasteiger partial charge on any atom is 0.334 e. The van der Waals surface area contributed by atoms with Gasteiger partial charge >= 0.3 is 5.97 Å². The van der Waals surface area contributed by atoms with Crippen LogP contribution in [0.2, 0.25) is 0 Å². The van der Waals surface area contributed by atoms with E-state index in [4.69, 9.17) is 4.74 Å². The molecule has 1 N–H and O–H groups in total. The lowest BCUT2D eigenvalue weighted by atomic mass is 10.0. The van der Waals surface area contributed by atoms with E-state index in [1.54, 1.807) is 11.3 Å². The molecule has 1 atom stereocenters. The van der Waals surface area contributed by atoms with Crippen LogP contribution in [0, 0.1) is 13.8 Å². The van der Waals surface area contributed by atoms with Crippen molar-refractivity contribution in [2.45, 2.75) is 39.4 Å². The van der Waals surface area contributed by atoms with E-state index in [0.717, 1.165) is 21.6 Å². The number of hydrogen-bond acceptors (Lipinski definition) is 6. The number of fused-ring (bicyclic) bond motifs is 1. The van der Waals surface area contributed by atoms with E-state index < -0.39 is 17.7 Å². The normalized spacial score (nSPS) is 21.3. The number of aryl methyl sites for hydroxylation is 2. The number of nitrogens with zero attached hydrogens (tertiary/aromatic N) is 3. The second kappa shape index (κ2) is 5.17. The Morgan fingerprint density at radius 2 is 2.18 bits per heavy atom. The number of anilines is 1. The van der Waals surface area contributed by atoms with Gasteiger partial charge in [-0.25, -0.2) is 14.8 Å². The highest BCUT2D eigenvalue weighted by molar-refractivity contribution is 7.17. The van der Waals surface area contributed by atoms with E-state index in [2.05, 4.69) is 15.3 Å². The van der Waals surface area contributed by atoms with Crippen molar-refractivity contribution in [2.24, 2.45) is 0 Å². The molecule has 118 valence electrons. The lowest BCUT2D eigenvalue weighted by Crippen LogP contribution is -2.55. The van der Waals surface area contributed by atoms with Crippen molar-refractivity contribution in [1.82, 2.24) is 9.97 Å². The average molecular weight is 321 g/mol. The number of thiophene rings is 1. The first kappa shape index (κ1) is 15.2. The van der Waals surface area contributed by atoms with Crippen LogP contribution in [-0.4, -0.2) is 45.8 Å². The molecular weight excluding hydrogens is 302 g/mol. The number of aliphatic carboxylic acids is 1. The van der Waals surface area contributed by atoms with Gasteiger partial charge in [0, 0.05) is 6.54 Å². The van der Waals surface area contributed by atoms with E-state index in [1.165, 1.54) is 0 Å². The summed E-state index contributed by atoms with van der Waals surface area (Å²) < 4.78 is 5.66. The Bertz CT molecular complexity index is 741. The van der Waals surface area contributed by atoms with Crippen LogP contribution in [0.15, 0.2) is 5.38 Å². The third-order valence-electron chi connectivity index (χ3n) is 3.70. The predicted octanol–water partition coefficient (Wildman–Crippen LogP) is 2.38. The van der Waals surface area contributed by atoms with E-state index >= 15 is 0 Å². The first-order chi connectivity index (χ1) is 10.3. The van der Waals surface area contributed by atoms with Gasteiger partial charge < -0.3 is 14.7 Å². The molecule has 3 heterocycles. The second-order valence-electron chi connectivity index (χ2n) is 6.28. The zero-order valence-electron chi connectivity index (χ0n) is 13.1. The third-order valence-corrected chi connectivity index (χ3v) is 4.69. The van der Waals surface area contributed by atoms with Crippen molar-refractivity contribution in [3.63, 3.8) is 0 Å². The molecule has 22 heavy (non-hydrogen) atoms. The van der Waals surface area contributed by atoms with Gasteiger partial charge in [-0.05, 0) is 38.6 Å². The van der Waals surface area contributed by atoms with Gasteiger partial charge in [0.15, 0.2) is 6.10 Å². The standard InChI is InChI=1S/C15H19N3O3S/c1-8-6-22-13-11(8)12(16-9(2)17-13)18-5-10(14(19)20)21-15(3,4)7-18/h6,10H,5,7H2,1-4H3,(H,19,20). The average Bonchev–Trinajstić information content (AvgIpc) is 2.77. The number of aromatic nitrogens is 2. The Balaban J connectivity index is 2.09. The highest BCUT2D eigenvalue weighted by atomic mass is 32.1. The summed E-state index contributed by atoms with van der Waals surface area (Å²) in [7, 11) is 0. The number of hydrogen-bond donors (Lipinski definition) is 1. The molecule has 0 saturated carbocycles. The van der Waals surface area contributed by atoms with Gasteiger partial charge in [-0.3, -0.25) is 0 Å². The fourth-order valence-electron chi connectivity index (χ4n) is 2.87. The Labute approximate surface area is 132 Å². The quantitative estimate of drug-likeness (QED) is 0.915. The molecule has 1 unspecified atom stereocenters. The SMILES string of the molecule is Cc1nc(N2CC(C(=O)O)OC(C)(C)C2)c2c(C)csc2n1. The van der Waals surface area contributed by atoms with Crippen LogP contribution in [0.1, 0.15) is 25.2 Å². The van der Waals surface area contributed by atoms with E-state index in [9.17, 15) is 9.90 Å². The van der Waals surface area contributed by atoms with Crippen LogP contribution in [0.5, 0.6) is 0 Å². The van der Waals surface area contributed by atoms with Crippen molar-refractivity contribution in [3.05, 3.63) is 16.8 Å². The third kappa shape index (κ3) is 2.66. The zero-order valence-corrected chi connectivity index (χ0v) is 13.9. The smallest absolute Gasteiger partial charge is 0.334 e. The minimum atomic E-state index is -0.943. The number of ether oxygens (including phenoxy) is 1. The van der Waals surface area contributed by atoms with Gasteiger partial charge in [0.25, 0.3) is 0 Å². The fourth-order valence-corrected chi connectivity index (χ4v) is 3.83. The molecule has 1 aliphatic rings. The Kier molecular flexibility index (Phi) is 3.57. The van der Waals surface area contributed by atoms with Crippen molar-refractivity contribution < 1.29 is 14.6 Å². The molecule has 0 amide bonds. The minimum Gasteiger partial charge on any atom is -0.479 e. The molecular formula is C15H19N3O3S. The largest absolute Gasteiger partial charge is 0.479 e. The highest BCUT2D eigenvalue weighted by Crippen LogP contribution is 2.34. The first-order valence-corrected chi connectivity index (χ1v) is 8.03. The summed E-state index contributed by atoms with van der Waals surface area (Å²) in [5.41, 5.74) is 0.572. The monoisotopic (exact) mass is 321 g/mol. The second-order valence-corrected chi connectivity index (χ2v) is 7.14. The molecule has 7 heteroatoms. The molecule has 3 rings (SSSR count). The van der Waals surface area contributed by atoms with Crippen molar-refractivity contribution in [1.29, 1.82) is 0 Å². The van der Waals surface area contributed by atoms with Gasteiger partial charge in [-0.2, -0.15) is 0 Å². The molecule has 0 radical (unpaired) electrons. The minimum absolute atomic E-state index is 0.291. The number of carboxylic acid groups (broad SMARTS) is 1. The summed E-state index contributed by atoms with van der Waals surface area (Å²) in [6.07, 6.45) is -0.854. The molecule has 0 aromatic carbocycles. The summed E-state index contributed by atoms with van der Waals surface area (Å²) in [4.78, 5) is 23.4. The van der Waals surface area contributed by atoms with Gasteiger partial charge in [0.2, 0.25) is 0 Å². The van der Waals surface area contributed by atoms with Crippen molar-refractivity contribution in [2.75, 3.05) is 18.0 Å². The molecule has 2 aromatic heterocycles. The zero-order chi connectivity index (χ0) is 16.1. The van der Waals surface area contributed by atoms with Gasteiger partial charge in [-0.15, -0.1) is 11.3 Å². The highest BCUT2D eigenvalue weighted by Gasteiger charge is 2.38. The molecule has 0 aliphatic carbocycles. The van der Waals surface area contributed by atoms with Gasteiger partial charge in [0.1, 0.15) is 16.5 Å². The Morgan fingerprint density at radius 1 is 1.45 bits per heavy atom. The summed E-state index contributed by atoms with van der Waals surface area (Å²) in [6.45, 7) is 8.58. The van der Waals surface area contributed by atoms with Gasteiger partial charge in [0.05, 0.1) is 17.5 Å². The van der Waals surface area contributed by atoms with Crippen molar-refractivity contribution >= 4 is 33.3 Å². The number of morpholine rings is 1. The summed E-state index contributed by atoms with van der Waals surface area (Å²) in [5.74, 6) is 0.561. The summed E-state index contributed by atoms with van der Waals surface area (Å²) in [6, 6.07) is 0. The first-order valence-electron chi connectivity index (χ1n) is 7.15. The van der Waals surface area contributed by atoms with Crippen LogP contribution >= 0.6 is 11.3 Å². The molecule has 1 saturated heterocycles. The molecule has 0 bridgehead atoms. The van der Waals surface area contributed by atoms with E-state index in [0.29, 0.717) is 18.9 Å². The number of rotatable bonds is 2. The van der Waals surface area contributed by atoms with Gasteiger partial charge in [-0.1, -0.05) is 0 Å². The van der Waals surface area contributed by atoms with Crippen LogP contribution in [0.25, 0.3) is 10.2 Å². The predicted molar refractivity (Wildman–Crippen MR) is 85.7 cm³/mol. The van der Waals surface area contributed by atoms with Crippen LogP contribution in [0.3, 0.4) is 0 Å². The van der Waals surface area contributed by atoms with E-state index in [-0.39, 0.29) is 0 Å². The lowest BCUT2D eigenvalue weighted by Gasteiger charge is -2.42. The number of carboxylic acids is 1. The topological polar surface area (TPSA) is 75.6 Å². The van der Waals surface area contributed by atoms with E-state index in [1.807, 2.05) is 32.6 Å². The molecule has 6 nitrogen and oxygen atoms in total. The number of carbonyl (C=O) groups is 1. The molecule has 1 fully saturated rings. The Morgan fingerprint density at radius 3 is 2.86 bits per heavy atom. The fraction of sp³-hybridized carbons (Fsp3) is 0.533. The van der Waals surface area contributed by atoms with Crippen LogP contribution in [0.4, 0.5) is 5.82 Å². The molecule has 1 aliphatic heterocycles. The van der Waals surface area contributed by atoms with Crippen molar-refractivity contribution in [3.8, 4) is 0 Å². The van der Waals surface area contributed by atoms with Crippen LogP contribution in [-0.2, 0) is 9.53 Å². The summed E-state index contributed by atoms with van der Waals surface area (Å²) >= 11 is 1.59. The maximum absolute atomic E-state index is 11.4. The molecule has 0 spiro atoms. The van der Waals surface area contributed by atoms with Crippen LogP contribution < -0.4 is 4.90 Å². The lowest BCUT2D eigenvalue weighted by molar-refractivity contribution is -0.163. The Hall–Kier alpha value is -1.73. The maximum atomic E-state index is 11.4. The molecule has 2 aromatic rings.